The molecule has 1 heterocycles. The van der Waals surface area contributed by atoms with Crippen molar-refractivity contribution in [2.45, 2.75) is 25.8 Å². The van der Waals surface area contributed by atoms with Crippen LogP contribution in [0.3, 0.4) is 0 Å². The van der Waals surface area contributed by atoms with Crippen molar-refractivity contribution in [2.24, 2.45) is 0 Å². The van der Waals surface area contributed by atoms with Crippen molar-refractivity contribution < 1.29 is 9.53 Å². The molecule has 0 aliphatic carbocycles. The fourth-order valence-electron chi connectivity index (χ4n) is 2.24. The van der Waals surface area contributed by atoms with Crippen molar-refractivity contribution in [3.05, 3.63) is 57.8 Å². The van der Waals surface area contributed by atoms with Gasteiger partial charge in [-0.1, -0.05) is 38.1 Å². The first-order valence-electron chi connectivity index (χ1n) is 6.95. The van der Waals surface area contributed by atoms with Crippen LogP contribution < -0.4 is 5.32 Å². The summed E-state index contributed by atoms with van der Waals surface area (Å²) in [6, 6.07) is 11.8. The number of nitrogens with one attached hydrogen (secondary N) is 1. The predicted molar refractivity (Wildman–Crippen MR) is 86.8 cm³/mol. The molecule has 1 aromatic carbocycles. The molecule has 0 aliphatic heterocycles. The molecule has 0 aliphatic rings. The van der Waals surface area contributed by atoms with Crippen molar-refractivity contribution in [3.63, 3.8) is 0 Å². The second kappa shape index (κ2) is 6.87. The molecular weight excluding hydrogens is 282 g/mol. The fraction of sp³-hybridized carbons (Fsp3) is 0.353. The maximum atomic E-state index is 11.7. The van der Waals surface area contributed by atoms with Gasteiger partial charge in [0.1, 0.15) is 0 Å². The summed E-state index contributed by atoms with van der Waals surface area (Å²) in [6.07, 6.45) is 0. The normalized spacial score (nSPS) is 11.4. The van der Waals surface area contributed by atoms with Gasteiger partial charge in [0.25, 0.3) is 0 Å². The van der Waals surface area contributed by atoms with Gasteiger partial charge >= 0.3 is 5.97 Å². The molecule has 0 unspecified atom stereocenters. The van der Waals surface area contributed by atoms with Crippen LogP contribution in [0.25, 0.3) is 0 Å². The van der Waals surface area contributed by atoms with Gasteiger partial charge in [-0.15, -0.1) is 11.3 Å². The molecular formula is C17H21NO2S. The minimum Gasteiger partial charge on any atom is -0.465 e. The molecule has 4 heteroatoms. The number of carbonyl (C=O) groups excluding carboxylic acids is 1. The van der Waals surface area contributed by atoms with E-state index in [0.29, 0.717) is 12.1 Å². The Labute approximate surface area is 130 Å². The number of carbonyl (C=O) groups is 1. The van der Waals surface area contributed by atoms with Gasteiger partial charge in [0, 0.05) is 23.4 Å². The lowest BCUT2D eigenvalue weighted by molar-refractivity contribution is 0.0599. The number of thiophene rings is 1. The van der Waals surface area contributed by atoms with Crippen LogP contribution in [0.15, 0.2) is 41.8 Å². The molecule has 0 radical (unpaired) electrons. The lowest BCUT2D eigenvalue weighted by Gasteiger charge is -2.24. The number of ether oxygens (including phenoxy) is 1. The summed E-state index contributed by atoms with van der Waals surface area (Å²) in [5.74, 6) is -0.287. The molecule has 21 heavy (non-hydrogen) atoms. The molecule has 1 aromatic heterocycles. The van der Waals surface area contributed by atoms with Crippen molar-refractivity contribution in [3.8, 4) is 0 Å². The van der Waals surface area contributed by atoms with Gasteiger partial charge in [0.05, 0.1) is 12.7 Å². The van der Waals surface area contributed by atoms with Crippen LogP contribution in [-0.2, 0) is 16.7 Å². The zero-order chi connectivity index (χ0) is 15.3. The maximum absolute atomic E-state index is 11.7. The number of methoxy groups -OCH3 is 1. The van der Waals surface area contributed by atoms with Crippen molar-refractivity contribution in [2.75, 3.05) is 13.7 Å². The molecule has 0 saturated carbocycles. The highest BCUT2D eigenvalue weighted by atomic mass is 32.1. The highest BCUT2D eigenvalue weighted by Gasteiger charge is 2.21. The number of benzene rings is 1. The quantitative estimate of drug-likeness (QED) is 0.829. The Morgan fingerprint density at radius 3 is 2.67 bits per heavy atom. The molecule has 112 valence electrons. The number of hydrogen-bond donors (Lipinski definition) is 1. The molecule has 0 saturated heterocycles. The SMILES string of the molecule is COC(=O)c1ccccc1CNCC(C)(C)c1cccs1. The van der Waals surface area contributed by atoms with E-state index < -0.39 is 0 Å². The predicted octanol–water partition coefficient (Wildman–Crippen LogP) is 3.60. The van der Waals surface area contributed by atoms with E-state index in [4.69, 9.17) is 4.74 Å². The summed E-state index contributed by atoms with van der Waals surface area (Å²) in [6.45, 7) is 5.94. The average molecular weight is 303 g/mol. The number of hydrogen-bond acceptors (Lipinski definition) is 4. The molecule has 0 atom stereocenters. The first kappa shape index (κ1) is 15.7. The zero-order valence-electron chi connectivity index (χ0n) is 12.7. The minimum atomic E-state index is -0.287. The van der Waals surface area contributed by atoms with Crippen molar-refractivity contribution in [1.29, 1.82) is 0 Å². The van der Waals surface area contributed by atoms with E-state index >= 15 is 0 Å². The highest BCUT2D eigenvalue weighted by molar-refractivity contribution is 7.10. The van der Waals surface area contributed by atoms with Crippen molar-refractivity contribution in [1.82, 2.24) is 5.32 Å². The summed E-state index contributed by atoms with van der Waals surface area (Å²) >= 11 is 1.77. The average Bonchev–Trinajstić information content (AvgIpc) is 3.02. The van der Waals surface area contributed by atoms with Crippen LogP contribution in [0.4, 0.5) is 0 Å². The first-order valence-corrected chi connectivity index (χ1v) is 7.83. The Hall–Kier alpha value is -1.65. The monoisotopic (exact) mass is 303 g/mol. The fourth-order valence-corrected chi connectivity index (χ4v) is 3.10. The molecule has 2 aromatic rings. The molecule has 3 nitrogen and oxygen atoms in total. The van der Waals surface area contributed by atoms with E-state index in [-0.39, 0.29) is 11.4 Å². The summed E-state index contributed by atoms with van der Waals surface area (Å²) < 4.78 is 4.82. The topological polar surface area (TPSA) is 38.3 Å². The number of esters is 1. The van der Waals surface area contributed by atoms with Gasteiger partial charge < -0.3 is 10.1 Å². The third-order valence-corrected chi connectivity index (χ3v) is 4.73. The van der Waals surface area contributed by atoms with Gasteiger partial charge in [-0.3, -0.25) is 0 Å². The van der Waals surface area contributed by atoms with Crippen LogP contribution in [0, 0.1) is 0 Å². The van der Waals surface area contributed by atoms with Gasteiger partial charge in [-0.25, -0.2) is 4.79 Å². The summed E-state index contributed by atoms with van der Waals surface area (Å²) in [5.41, 5.74) is 1.67. The molecule has 0 bridgehead atoms. The minimum absolute atomic E-state index is 0.0778. The van der Waals surface area contributed by atoms with Gasteiger partial charge in [0.2, 0.25) is 0 Å². The Morgan fingerprint density at radius 1 is 1.24 bits per heavy atom. The lowest BCUT2D eigenvalue weighted by Crippen LogP contribution is -2.32. The van der Waals surface area contributed by atoms with Crippen LogP contribution in [-0.4, -0.2) is 19.6 Å². The highest BCUT2D eigenvalue weighted by Crippen LogP contribution is 2.26. The smallest absolute Gasteiger partial charge is 0.338 e. The summed E-state index contributed by atoms with van der Waals surface area (Å²) in [5, 5.41) is 5.55. The molecule has 0 amide bonds. The largest absolute Gasteiger partial charge is 0.465 e. The third kappa shape index (κ3) is 3.93. The van der Waals surface area contributed by atoms with Gasteiger partial charge in [0.15, 0.2) is 0 Å². The molecule has 2 rings (SSSR count). The van der Waals surface area contributed by atoms with Crippen LogP contribution in [0.5, 0.6) is 0 Å². The van der Waals surface area contributed by atoms with E-state index in [1.165, 1.54) is 12.0 Å². The van der Waals surface area contributed by atoms with E-state index in [2.05, 4.69) is 36.7 Å². The van der Waals surface area contributed by atoms with E-state index in [1.54, 1.807) is 17.4 Å². The van der Waals surface area contributed by atoms with E-state index in [9.17, 15) is 4.79 Å². The van der Waals surface area contributed by atoms with Gasteiger partial charge in [-0.2, -0.15) is 0 Å². The Bertz CT molecular complexity index is 591. The van der Waals surface area contributed by atoms with E-state index in [1.807, 2.05) is 18.2 Å². The van der Waals surface area contributed by atoms with Crippen LogP contribution in [0.2, 0.25) is 0 Å². The van der Waals surface area contributed by atoms with E-state index in [0.717, 1.165) is 12.1 Å². The summed E-state index contributed by atoms with van der Waals surface area (Å²) in [4.78, 5) is 13.1. The maximum Gasteiger partial charge on any atom is 0.338 e. The van der Waals surface area contributed by atoms with Crippen LogP contribution >= 0.6 is 11.3 Å². The lowest BCUT2D eigenvalue weighted by atomic mass is 9.91. The first-order chi connectivity index (χ1) is 10.0. The Kier molecular flexibility index (Phi) is 5.15. The third-order valence-electron chi connectivity index (χ3n) is 3.49. The summed E-state index contributed by atoms with van der Waals surface area (Å²) in [7, 11) is 1.41. The van der Waals surface area contributed by atoms with Gasteiger partial charge in [-0.05, 0) is 23.1 Å². The van der Waals surface area contributed by atoms with Crippen LogP contribution in [0.1, 0.15) is 34.6 Å². The molecule has 0 fully saturated rings. The standard InChI is InChI=1S/C17H21NO2S/c1-17(2,15-9-6-10-21-15)12-18-11-13-7-4-5-8-14(13)16(19)20-3/h4-10,18H,11-12H2,1-3H3. The second-order valence-corrected chi connectivity index (χ2v) is 6.56. The second-order valence-electron chi connectivity index (χ2n) is 5.61. The zero-order valence-corrected chi connectivity index (χ0v) is 13.5. The van der Waals surface area contributed by atoms with Crippen molar-refractivity contribution >= 4 is 17.3 Å². The Morgan fingerprint density at radius 2 is 2.00 bits per heavy atom. The molecule has 1 N–H and O–H groups in total. The molecule has 0 spiro atoms. The Balaban J connectivity index is 2.00. The number of rotatable bonds is 6.